The Bertz CT molecular complexity index is 1110. The third-order valence-electron chi connectivity index (χ3n) is 5.64. The molecular weight excluding hydrogens is 376 g/mol. The highest BCUT2D eigenvalue weighted by Crippen LogP contribution is 2.28. The van der Waals surface area contributed by atoms with Crippen LogP contribution in [0.15, 0.2) is 48.5 Å². The van der Waals surface area contributed by atoms with Crippen molar-refractivity contribution in [2.45, 2.75) is 39.5 Å². The Kier molecular flexibility index (Phi) is 5.79. The van der Waals surface area contributed by atoms with Gasteiger partial charge in [0, 0.05) is 23.3 Å². The van der Waals surface area contributed by atoms with Gasteiger partial charge in [-0.05, 0) is 42.5 Å². The SMILES string of the molecule is CCCc1nc2ccccc2c(C(=O)OCC(=O)N2CCc3ccccc32)c1CC. The number of anilines is 1. The Hall–Kier alpha value is -3.21. The van der Waals surface area contributed by atoms with Crippen LogP contribution in [0.2, 0.25) is 0 Å². The molecule has 0 atom stereocenters. The molecule has 0 radical (unpaired) electrons. The number of rotatable bonds is 6. The molecule has 1 amide bonds. The number of amides is 1. The van der Waals surface area contributed by atoms with Crippen LogP contribution >= 0.6 is 0 Å². The number of ether oxygens (including phenoxy) is 1. The number of carbonyl (C=O) groups excluding carboxylic acids is 2. The predicted octanol–water partition coefficient (Wildman–Crippen LogP) is 4.50. The van der Waals surface area contributed by atoms with Gasteiger partial charge in [-0.15, -0.1) is 0 Å². The predicted molar refractivity (Wildman–Crippen MR) is 118 cm³/mol. The van der Waals surface area contributed by atoms with Crippen molar-refractivity contribution >= 4 is 28.5 Å². The molecule has 0 aliphatic carbocycles. The third kappa shape index (κ3) is 3.67. The summed E-state index contributed by atoms with van der Waals surface area (Å²) in [5.41, 5.74) is 5.23. The van der Waals surface area contributed by atoms with Crippen molar-refractivity contribution in [2.75, 3.05) is 18.1 Å². The molecule has 0 unspecified atom stereocenters. The number of benzene rings is 2. The zero-order valence-corrected chi connectivity index (χ0v) is 17.5. The summed E-state index contributed by atoms with van der Waals surface area (Å²) in [4.78, 5) is 32.4. The maximum atomic E-state index is 13.1. The number of fused-ring (bicyclic) bond motifs is 2. The molecule has 30 heavy (non-hydrogen) atoms. The number of hydrogen-bond acceptors (Lipinski definition) is 4. The van der Waals surface area contributed by atoms with E-state index in [-0.39, 0.29) is 12.5 Å². The Morgan fingerprint density at radius 3 is 2.63 bits per heavy atom. The van der Waals surface area contributed by atoms with Crippen LogP contribution in [0.25, 0.3) is 10.9 Å². The van der Waals surface area contributed by atoms with Gasteiger partial charge >= 0.3 is 5.97 Å². The first-order chi connectivity index (χ1) is 14.6. The number of nitrogens with zero attached hydrogens (tertiary/aromatic N) is 2. The molecule has 2 heterocycles. The minimum atomic E-state index is -0.455. The highest BCUT2D eigenvalue weighted by Gasteiger charge is 2.26. The van der Waals surface area contributed by atoms with Crippen molar-refractivity contribution < 1.29 is 14.3 Å². The van der Waals surface area contributed by atoms with Crippen molar-refractivity contribution in [1.82, 2.24) is 4.98 Å². The summed E-state index contributed by atoms with van der Waals surface area (Å²) >= 11 is 0. The van der Waals surface area contributed by atoms with Gasteiger partial charge in [0.15, 0.2) is 6.61 Å². The van der Waals surface area contributed by atoms with E-state index in [9.17, 15) is 9.59 Å². The molecule has 0 saturated carbocycles. The van der Waals surface area contributed by atoms with Crippen LogP contribution in [0.4, 0.5) is 5.69 Å². The minimum Gasteiger partial charge on any atom is -0.452 e. The normalized spacial score (nSPS) is 12.8. The van der Waals surface area contributed by atoms with Gasteiger partial charge in [0.05, 0.1) is 11.1 Å². The van der Waals surface area contributed by atoms with E-state index in [4.69, 9.17) is 9.72 Å². The van der Waals surface area contributed by atoms with Crippen LogP contribution in [-0.2, 0) is 28.8 Å². The van der Waals surface area contributed by atoms with E-state index < -0.39 is 5.97 Å². The smallest absolute Gasteiger partial charge is 0.339 e. The van der Waals surface area contributed by atoms with E-state index in [2.05, 4.69) is 6.92 Å². The molecule has 0 fully saturated rings. The summed E-state index contributed by atoms with van der Waals surface area (Å²) in [6.45, 7) is 4.47. The van der Waals surface area contributed by atoms with Gasteiger partial charge in [-0.25, -0.2) is 4.79 Å². The van der Waals surface area contributed by atoms with Crippen LogP contribution in [0, 0.1) is 0 Å². The average molecular weight is 402 g/mol. The van der Waals surface area contributed by atoms with E-state index in [0.717, 1.165) is 52.7 Å². The zero-order chi connectivity index (χ0) is 21.1. The number of pyridine rings is 1. The Balaban J connectivity index is 1.60. The summed E-state index contributed by atoms with van der Waals surface area (Å²) in [5.74, 6) is -0.651. The monoisotopic (exact) mass is 402 g/mol. The van der Waals surface area contributed by atoms with Crippen LogP contribution < -0.4 is 4.90 Å². The third-order valence-corrected chi connectivity index (χ3v) is 5.64. The molecule has 0 saturated heterocycles. The van der Waals surface area contributed by atoms with Crippen molar-refractivity contribution in [3.05, 3.63) is 70.9 Å². The molecular formula is C25H26N2O3. The molecule has 0 N–H and O–H groups in total. The molecule has 1 aliphatic rings. The number of carbonyl (C=O) groups is 2. The largest absolute Gasteiger partial charge is 0.452 e. The lowest BCUT2D eigenvalue weighted by molar-refractivity contribution is -0.121. The van der Waals surface area contributed by atoms with E-state index in [1.807, 2.05) is 55.5 Å². The maximum Gasteiger partial charge on any atom is 0.339 e. The first-order valence-electron chi connectivity index (χ1n) is 10.6. The van der Waals surface area contributed by atoms with Crippen molar-refractivity contribution in [2.24, 2.45) is 0 Å². The molecule has 154 valence electrons. The first kappa shape index (κ1) is 20.1. The lowest BCUT2D eigenvalue weighted by Gasteiger charge is -2.18. The van der Waals surface area contributed by atoms with Gasteiger partial charge in [-0.2, -0.15) is 0 Å². The Labute approximate surface area is 176 Å². The maximum absolute atomic E-state index is 13.1. The van der Waals surface area contributed by atoms with E-state index >= 15 is 0 Å². The van der Waals surface area contributed by atoms with E-state index in [1.165, 1.54) is 0 Å². The Morgan fingerprint density at radius 1 is 1.07 bits per heavy atom. The molecule has 1 aromatic heterocycles. The van der Waals surface area contributed by atoms with Crippen LogP contribution in [0.1, 0.15) is 47.4 Å². The molecule has 5 nitrogen and oxygen atoms in total. The molecule has 5 heteroatoms. The molecule has 3 aromatic rings. The summed E-state index contributed by atoms with van der Waals surface area (Å²) in [6, 6.07) is 15.5. The fourth-order valence-electron chi connectivity index (χ4n) is 4.23. The fourth-order valence-corrected chi connectivity index (χ4v) is 4.23. The highest BCUT2D eigenvalue weighted by atomic mass is 16.5. The van der Waals surface area contributed by atoms with Gasteiger partial charge in [0.25, 0.3) is 5.91 Å². The standard InChI is InChI=1S/C25H26N2O3/c1-3-9-20-18(4-2)24(19-11-6-7-12-21(19)26-20)25(29)30-16-23(28)27-15-14-17-10-5-8-13-22(17)27/h5-8,10-13H,3-4,9,14-16H2,1-2H3. The molecule has 0 bridgehead atoms. The van der Waals surface area contributed by atoms with Crippen molar-refractivity contribution in [3.8, 4) is 0 Å². The van der Waals surface area contributed by atoms with Gasteiger partial charge < -0.3 is 9.64 Å². The lowest BCUT2D eigenvalue weighted by atomic mass is 9.96. The van der Waals surface area contributed by atoms with Gasteiger partial charge in [-0.3, -0.25) is 9.78 Å². The quantitative estimate of drug-likeness (QED) is 0.570. The summed E-state index contributed by atoms with van der Waals surface area (Å²) < 4.78 is 5.54. The van der Waals surface area contributed by atoms with Crippen LogP contribution in [0.5, 0.6) is 0 Å². The molecule has 1 aliphatic heterocycles. The van der Waals surface area contributed by atoms with Crippen molar-refractivity contribution in [1.29, 1.82) is 0 Å². The second-order valence-electron chi connectivity index (χ2n) is 7.53. The fraction of sp³-hybridized carbons (Fsp3) is 0.320. The van der Waals surface area contributed by atoms with Crippen LogP contribution in [-0.4, -0.2) is 30.0 Å². The summed E-state index contributed by atoms with van der Waals surface area (Å²) in [7, 11) is 0. The van der Waals surface area contributed by atoms with E-state index in [1.54, 1.807) is 4.90 Å². The van der Waals surface area contributed by atoms with Crippen molar-refractivity contribution in [3.63, 3.8) is 0 Å². The topological polar surface area (TPSA) is 59.5 Å². The van der Waals surface area contributed by atoms with Gasteiger partial charge in [-0.1, -0.05) is 56.7 Å². The van der Waals surface area contributed by atoms with Gasteiger partial charge in [0.1, 0.15) is 0 Å². The molecule has 4 rings (SSSR count). The molecule has 0 spiro atoms. The Morgan fingerprint density at radius 2 is 1.83 bits per heavy atom. The number of para-hydroxylation sites is 2. The highest BCUT2D eigenvalue weighted by molar-refractivity contribution is 6.06. The minimum absolute atomic E-state index is 0.196. The number of aryl methyl sites for hydroxylation is 1. The number of aromatic nitrogens is 1. The van der Waals surface area contributed by atoms with Crippen LogP contribution in [0.3, 0.4) is 0 Å². The summed E-state index contributed by atoms with van der Waals surface area (Å²) in [6.07, 6.45) is 3.26. The second-order valence-corrected chi connectivity index (χ2v) is 7.53. The second kappa shape index (κ2) is 8.66. The molecule has 2 aromatic carbocycles. The first-order valence-corrected chi connectivity index (χ1v) is 10.6. The zero-order valence-electron chi connectivity index (χ0n) is 17.5. The lowest BCUT2D eigenvalue weighted by Crippen LogP contribution is -2.33. The summed E-state index contributed by atoms with van der Waals surface area (Å²) in [5, 5.41) is 0.776. The number of hydrogen-bond donors (Lipinski definition) is 0. The number of esters is 1. The van der Waals surface area contributed by atoms with Gasteiger partial charge in [0.2, 0.25) is 0 Å². The van der Waals surface area contributed by atoms with E-state index in [0.29, 0.717) is 18.5 Å². The average Bonchev–Trinajstić information content (AvgIpc) is 3.21.